The zero-order chi connectivity index (χ0) is 15.4. The van der Waals surface area contributed by atoms with E-state index in [2.05, 4.69) is 27.3 Å². The molecule has 1 aromatic carbocycles. The van der Waals surface area contributed by atoms with Gasteiger partial charge in [0.15, 0.2) is 6.54 Å². The third kappa shape index (κ3) is 4.81. The summed E-state index contributed by atoms with van der Waals surface area (Å²) < 4.78 is 1.12. The Kier molecular flexibility index (Phi) is 5.81. The Morgan fingerprint density at radius 2 is 2.14 bits per heavy atom. The van der Waals surface area contributed by atoms with Gasteiger partial charge in [0.05, 0.1) is 15.7 Å². The molecule has 6 heteroatoms. The average Bonchev–Trinajstić information content (AvgIpc) is 2.80. The van der Waals surface area contributed by atoms with Gasteiger partial charge in [0.25, 0.3) is 5.91 Å². The van der Waals surface area contributed by atoms with E-state index in [1.807, 2.05) is 38.2 Å². The number of hydrogen-bond acceptors (Lipinski definition) is 2. The van der Waals surface area contributed by atoms with Gasteiger partial charge in [-0.3, -0.25) is 4.79 Å². The minimum atomic E-state index is -0.00603. The Morgan fingerprint density at radius 1 is 1.38 bits per heavy atom. The third-order valence-electron chi connectivity index (χ3n) is 3.11. The first-order valence-electron chi connectivity index (χ1n) is 6.56. The highest BCUT2D eigenvalue weighted by atomic mass is 79.9. The standard InChI is InChI=1S/C15H16BrClN2OS/c1-10-12(17)4-3-5-13(10)18-15(20)9-19(2)8-11-6-7-14(16)21-11/h3-7H,8-9H2,1-2H3,(H,18,20)/p+1. The summed E-state index contributed by atoms with van der Waals surface area (Å²) in [6.07, 6.45) is 0. The van der Waals surface area contributed by atoms with Gasteiger partial charge in [-0.25, -0.2) is 0 Å². The van der Waals surface area contributed by atoms with Crippen molar-refractivity contribution in [2.75, 3.05) is 18.9 Å². The summed E-state index contributed by atoms with van der Waals surface area (Å²) >= 11 is 11.2. The second-order valence-electron chi connectivity index (χ2n) is 4.98. The summed E-state index contributed by atoms with van der Waals surface area (Å²) in [5.74, 6) is -0.00603. The van der Waals surface area contributed by atoms with Gasteiger partial charge in [-0.05, 0) is 52.7 Å². The number of hydrogen-bond donors (Lipinski definition) is 2. The molecule has 0 saturated heterocycles. The number of halogens is 2. The van der Waals surface area contributed by atoms with E-state index >= 15 is 0 Å². The molecule has 1 unspecified atom stereocenters. The summed E-state index contributed by atoms with van der Waals surface area (Å²) in [6, 6.07) is 9.63. The van der Waals surface area contributed by atoms with Crippen LogP contribution in [0.4, 0.5) is 5.69 Å². The molecule has 21 heavy (non-hydrogen) atoms. The number of amides is 1. The van der Waals surface area contributed by atoms with Crippen molar-refractivity contribution < 1.29 is 9.69 Å². The molecule has 0 spiro atoms. The fraction of sp³-hybridized carbons (Fsp3) is 0.267. The number of rotatable bonds is 5. The quantitative estimate of drug-likeness (QED) is 0.810. The van der Waals surface area contributed by atoms with Gasteiger partial charge in [0, 0.05) is 10.7 Å². The second kappa shape index (κ2) is 7.40. The molecule has 2 aromatic rings. The van der Waals surface area contributed by atoms with E-state index in [-0.39, 0.29) is 5.91 Å². The van der Waals surface area contributed by atoms with Crippen molar-refractivity contribution in [3.63, 3.8) is 0 Å². The molecule has 0 saturated carbocycles. The van der Waals surface area contributed by atoms with Crippen LogP contribution in [-0.4, -0.2) is 19.5 Å². The van der Waals surface area contributed by atoms with Crippen LogP contribution < -0.4 is 10.2 Å². The van der Waals surface area contributed by atoms with Gasteiger partial charge in [-0.2, -0.15) is 0 Å². The van der Waals surface area contributed by atoms with Crippen molar-refractivity contribution in [3.8, 4) is 0 Å². The minimum absolute atomic E-state index is 0.00603. The Bertz CT molecular complexity index is 644. The molecule has 2 N–H and O–H groups in total. The molecule has 0 bridgehead atoms. The van der Waals surface area contributed by atoms with E-state index in [1.54, 1.807) is 11.3 Å². The topological polar surface area (TPSA) is 33.5 Å². The molecule has 0 radical (unpaired) electrons. The first-order chi connectivity index (χ1) is 9.95. The molecule has 1 heterocycles. The van der Waals surface area contributed by atoms with Gasteiger partial charge in [0.1, 0.15) is 6.54 Å². The lowest BCUT2D eigenvalue weighted by Crippen LogP contribution is -3.08. The fourth-order valence-corrected chi connectivity index (χ4v) is 3.79. The minimum Gasteiger partial charge on any atom is -0.325 e. The SMILES string of the molecule is Cc1c(Cl)cccc1NC(=O)C[NH+](C)Cc1ccc(Br)s1. The molecule has 1 aromatic heterocycles. The predicted octanol–water partition coefficient (Wildman–Crippen LogP) is 3.13. The summed E-state index contributed by atoms with van der Waals surface area (Å²) in [5.41, 5.74) is 1.67. The van der Waals surface area contributed by atoms with Crippen LogP contribution in [0.5, 0.6) is 0 Å². The van der Waals surface area contributed by atoms with Crippen molar-refractivity contribution in [1.29, 1.82) is 0 Å². The predicted molar refractivity (Wildman–Crippen MR) is 92.3 cm³/mol. The van der Waals surface area contributed by atoms with E-state index in [9.17, 15) is 4.79 Å². The molecule has 0 aliphatic heterocycles. The fourth-order valence-electron chi connectivity index (χ4n) is 2.02. The van der Waals surface area contributed by atoms with Crippen molar-refractivity contribution in [1.82, 2.24) is 0 Å². The van der Waals surface area contributed by atoms with Gasteiger partial charge in [-0.15, -0.1) is 11.3 Å². The van der Waals surface area contributed by atoms with E-state index < -0.39 is 0 Å². The van der Waals surface area contributed by atoms with Crippen molar-refractivity contribution in [2.24, 2.45) is 0 Å². The summed E-state index contributed by atoms with van der Waals surface area (Å²) in [7, 11) is 2.01. The summed E-state index contributed by atoms with van der Waals surface area (Å²) in [6.45, 7) is 3.15. The molecule has 0 aliphatic rings. The molecule has 3 nitrogen and oxygen atoms in total. The molecule has 1 atom stereocenters. The largest absolute Gasteiger partial charge is 0.325 e. The maximum absolute atomic E-state index is 12.1. The van der Waals surface area contributed by atoms with Crippen molar-refractivity contribution in [3.05, 3.63) is 49.6 Å². The Hall–Kier alpha value is -0.880. The lowest BCUT2D eigenvalue weighted by atomic mass is 10.2. The van der Waals surface area contributed by atoms with Crippen LogP contribution in [0, 0.1) is 6.92 Å². The van der Waals surface area contributed by atoms with Gasteiger partial charge in [-0.1, -0.05) is 17.7 Å². The van der Waals surface area contributed by atoms with Gasteiger partial charge >= 0.3 is 0 Å². The molecular weight excluding hydrogens is 372 g/mol. The highest BCUT2D eigenvalue weighted by Crippen LogP contribution is 2.23. The molecule has 2 rings (SSSR count). The zero-order valence-corrected chi connectivity index (χ0v) is 15.0. The van der Waals surface area contributed by atoms with Crippen LogP contribution in [0.15, 0.2) is 34.1 Å². The highest BCUT2D eigenvalue weighted by molar-refractivity contribution is 9.11. The maximum Gasteiger partial charge on any atom is 0.279 e. The maximum atomic E-state index is 12.1. The number of carbonyl (C=O) groups is 1. The number of likely N-dealkylation sites (N-methyl/N-ethyl adjacent to an activating group) is 1. The third-order valence-corrected chi connectivity index (χ3v) is 5.14. The number of benzene rings is 1. The van der Waals surface area contributed by atoms with Crippen LogP contribution in [0.3, 0.4) is 0 Å². The van der Waals surface area contributed by atoms with Crippen molar-refractivity contribution >= 4 is 50.5 Å². The molecule has 1 amide bonds. The first-order valence-corrected chi connectivity index (χ1v) is 8.55. The molecule has 0 aliphatic carbocycles. The number of carbonyl (C=O) groups excluding carboxylic acids is 1. The Labute approximate surface area is 142 Å². The van der Waals surface area contributed by atoms with E-state index in [0.717, 1.165) is 26.5 Å². The smallest absolute Gasteiger partial charge is 0.279 e. The lowest BCUT2D eigenvalue weighted by molar-refractivity contribution is -0.884. The Morgan fingerprint density at radius 3 is 2.81 bits per heavy atom. The van der Waals surface area contributed by atoms with Gasteiger partial charge in [0.2, 0.25) is 0 Å². The lowest BCUT2D eigenvalue weighted by Gasteiger charge is -2.14. The molecule has 112 valence electrons. The number of anilines is 1. The highest BCUT2D eigenvalue weighted by Gasteiger charge is 2.13. The van der Waals surface area contributed by atoms with E-state index in [1.165, 1.54) is 4.88 Å². The normalized spacial score (nSPS) is 12.2. The Balaban J connectivity index is 1.90. The number of quaternary nitrogens is 1. The average molecular weight is 389 g/mol. The zero-order valence-electron chi connectivity index (χ0n) is 11.9. The van der Waals surface area contributed by atoms with E-state index in [4.69, 9.17) is 11.6 Å². The van der Waals surface area contributed by atoms with Crippen LogP contribution in [0.25, 0.3) is 0 Å². The number of thiophene rings is 1. The second-order valence-corrected chi connectivity index (χ2v) is 7.93. The molecule has 0 fully saturated rings. The summed E-state index contributed by atoms with van der Waals surface area (Å²) in [5, 5.41) is 3.59. The van der Waals surface area contributed by atoms with Crippen LogP contribution >= 0.6 is 38.9 Å². The summed E-state index contributed by atoms with van der Waals surface area (Å²) in [4.78, 5) is 14.5. The van der Waals surface area contributed by atoms with E-state index in [0.29, 0.717) is 11.6 Å². The van der Waals surface area contributed by atoms with Crippen LogP contribution in [0.2, 0.25) is 5.02 Å². The van der Waals surface area contributed by atoms with Gasteiger partial charge < -0.3 is 10.2 Å². The van der Waals surface area contributed by atoms with Crippen LogP contribution in [-0.2, 0) is 11.3 Å². The van der Waals surface area contributed by atoms with Crippen molar-refractivity contribution in [2.45, 2.75) is 13.5 Å². The van der Waals surface area contributed by atoms with Crippen LogP contribution in [0.1, 0.15) is 10.4 Å². The number of nitrogens with one attached hydrogen (secondary N) is 2. The monoisotopic (exact) mass is 387 g/mol. The first kappa shape index (κ1) is 16.5. The molecular formula is C15H17BrClN2OS+.